The Bertz CT molecular complexity index is 479. The molecule has 0 saturated carbocycles. The van der Waals surface area contributed by atoms with E-state index in [0.29, 0.717) is 17.2 Å². The molecule has 1 aliphatic heterocycles. The minimum absolute atomic E-state index is 0.157. The van der Waals surface area contributed by atoms with Crippen molar-refractivity contribution in [3.05, 3.63) is 30.4 Å². The molecule has 0 amide bonds. The van der Waals surface area contributed by atoms with Gasteiger partial charge in [0.1, 0.15) is 0 Å². The number of hydrogen-bond donors (Lipinski definition) is 0. The molecular weight excluding hydrogens is 260 g/mol. The molecular formula is C14H20O4Si. The maximum atomic E-state index is 6.10. The van der Waals surface area contributed by atoms with Gasteiger partial charge in [0.25, 0.3) is 0 Å². The summed E-state index contributed by atoms with van der Waals surface area (Å²) in [6.45, 7) is 10.5. The lowest BCUT2D eigenvalue weighted by Crippen LogP contribution is -2.27. The van der Waals surface area contributed by atoms with Crippen molar-refractivity contribution in [1.82, 2.24) is 0 Å². The van der Waals surface area contributed by atoms with Crippen molar-refractivity contribution in [2.75, 3.05) is 13.9 Å². The van der Waals surface area contributed by atoms with Gasteiger partial charge in [-0.2, -0.15) is 0 Å². The number of fused-ring (bicyclic) bond motifs is 1. The lowest BCUT2D eigenvalue weighted by Gasteiger charge is -2.24. The highest BCUT2D eigenvalue weighted by Crippen LogP contribution is 2.43. The van der Waals surface area contributed by atoms with Crippen LogP contribution in [0.3, 0.4) is 0 Å². The molecule has 104 valence electrons. The molecule has 1 atom stereocenters. The van der Waals surface area contributed by atoms with Crippen molar-refractivity contribution in [2.45, 2.75) is 25.7 Å². The summed E-state index contributed by atoms with van der Waals surface area (Å²) in [6.07, 6.45) is 1.64. The van der Waals surface area contributed by atoms with Gasteiger partial charge in [-0.15, -0.1) is 6.58 Å². The quantitative estimate of drug-likeness (QED) is 0.611. The second-order valence-electron chi connectivity index (χ2n) is 5.34. The zero-order chi connectivity index (χ0) is 14.0. The molecule has 5 heteroatoms. The fourth-order valence-corrected chi connectivity index (χ4v) is 2.94. The van der Waals surface area contributed by atoms with Crippen LogP contribution in [-0.2, 0) is 4.43 Å². The summed E-state index contributed by atoms with van der Waals surface area (Å²) in [7, 11) is -0.0469. The van der Waals surface area contributed by atoms with Gasteiger partial charge in [0.2, 0.25) is 12.5 Å². The summed E-state index contributed by atoms with van der Waals surface area (Å²) in [5, 5.41) is 0. The first kappa shape index (κ1) is 14.0. The summed E-state index contributed by atoms with van der Waals surface area (Å²) in [6, 6.07) is 3.84. The van der Waals surface area contributed by atoms with E-state index in [9.17, 15) is 0 Å². The standard InChI is InChI=1S/C14H20O4Si/c1-6-11(18-19(3,4)5)10-7-12(15-2)14-13(8-10)16-9-17-14/h6-8,11H,1,9H2,2-5H3. The van der Waals surface area contributed by atoms with E-state index in [2.05, 4.69) is 26.2 Å². The van der Waals surface area contributed by atoms with Gasteiger partial charge < -0.3 is 18.6 Å². The van der Waals surface area contributed by atoms with Crippen LogP contribution >= 0.6 is 0 Å². The molecule has 0 saturated heterocycles. The van der Waals surface area contributed by atoms with Gasteiger partial charge in [-0.3, -0.25) is 0 Å². The topological polar surface area (TPSA) is 36.9 Å². The molecule has 1 heterocycles. The third kappa shape index (κ3) is 3.11. The predicted molar refractivity (Wildman–Crippen MR) is 76.5 cm³/mol. The summed E-state index contributed by atoms with van der Waals surface area (Å²) < 4.78 is 22.3. The van der Waals surface area contributed by atoms with Crippen LogP contribution in [0.4, 0.5) is 0 Å². The molecule has 0 aliphatic carbocycles. The molecule has 4 nitrogen and oxygen atoms in total. The number of rotatable bonds is 5. The Balaban J connectivity index is 2.36. The Labute approximate surface area is 115 Å². The molecule has 0 N–H and O–H groups in total. The monoisotopic (exact) mass is 280 g/mol. The Kier molecular flexibility index (Phi) is 3.87. The van der Waals surface area contributed by atoms with Crippen LogP contribution in [0.1, 0.15) is 11.7 Å². The average Bonchev–Trinajstić information content (AvgIpc) is 2.81. The second-order valence-corrected chi connectivity index (χ2v) is 9.80. The van der Waals surface area contributed by atoms with E-state index in [1.165, 1.54) is 0 Å². The first-order valence-corrected chi connectivity index (χ1v) is 9.63. The second kappa shape index (κ2) is 5.26. The van der Waals surface area contributed by atoms with Gasteiger partial charge in [0.15, 0.2) is 19.8 Å². The lowest BCUT2D eigenvalue weighted by molar-refractivity contribution is 0.171. The zero-order valence-electron chi connectivity index (χ0n) is 11.9. The van der Waals surface area contributed by atoms with Crippen molar-refractivity contribution in [2.24, 2.45) is 0 Å². The Morgan fingerprint density at radius 3 is 2.63 bits per heavy atom. The SMILES string of the molecule is C=CC(O[Si](C)(C)C)c1cc(OC)c2c(c1)OCO2. The molecule has 1 aromatic carbocycles. The van der Waals surface area contributed by atoms with Gasteiger partial charge in [0.05, 0.1) is 13.2 Å². The van der Waals surface area contributed by atoms with Crippen LogP contribution in [0.15, 0.2) is 24.8 Å². The molecule has 1 unspecified atom stereocenters. The van der Waals surface area contributed by atoms with E-state index in [0.717, 1.165) is 5.56 Å². The van der Waals surface area contributed by atoms with Crippen LogP contribution in [0.25, 0.3) is 0 Å². The average molecular weight is 280 g/mol. The minimum atomic E-state index is -1.66. The Hall–Kier alpha value is -1.46. The normalized spacial score (nSPS) is 15.2. The van der Waals surface area contributed by atoms with Crippen LogP contribution < -0.4 is 14.2 Å². The third-order valence-electron chi connectivity index (χ3n) is 2.70. The van der Waals surface area contributed by atoms with Crippen LogP contribution in [0.2, 0.25) is 19.6 Å². The largest absolute Gasteiger partial charge is 0.493 e. The predicted octanol–water partition coefficient (Wildman–Crippen LogP) is 3.50. The van der Waals surface area contributed by atoms with Crippen LogP contribution in [0, 0.1) is 0 Å². The number of methoxy groups -OCH3 is 1. The van der Waals surface area contributed by atoms with Crippen molar-refractivity contribution >= 4 is 8.32 Å². The summed E-state index contributed by atoms with van der Waals surface area (Å²) >= 11 is 0. The molecule has 0 radical (unpaired) electrons. The Morgan fingerprint density at radius 1 is 1.32 bits per heavy atom. The molecule has 0 fully saturated rings. The summed E-state index contributed by atoms with van der Waals surface area (Å²) in [5.41, 5.74) is 0.971. The van der Waals surface area contributed by atoms with Gasteiger partial charge in [0, 0.05) is 0 Å². The van der Waals surface area contributed by atoms with E-state index < -0.39 is 8.32 Å². The summed E-state index contributed by atoms with van der Waals surface area (Å²) in [4.78, 5) is 0. The first-order chi connectivity index (χ1) is 8.94. The number of hydrogen-bond acceptors (Lipinski definition) is 4. The summed E-state index contributed by atoms with van der Waals surface area (Å²) in [5.74, 6) is 2.01. The van der Waals surface area contributed by atoms with E-state index >= 15 is 0 Å². The molecule has 0 bridgehead atoms. The molecule has 19 heavy (non-hydrogen) atoms. The maximum absolute atomic E-state index is 6.10. The van der Waals surface area contributed by atoms with Gasteiger partial charge >= 0.3 is 0 Å². The number of ether oxygens (including phenoxy) is 3. The maximum Gasteiger partial charge on any atom is 0.231 e. The minimum Gasteiger partial charge on any atom is -0.493 e. The van der Waals surface area contributed by atoms with Gasteiger partial charge in [-0.1, -0.05) is 6.08 Å². The number of benzene rings is 1. The Morgan fingerprint density at radius 2 is 2.05 bits per heavy atom. The molecule has 0 aromatic heterocycles. The van der Waals surface area contributed by atoms with Crippen molar-refractivity contribution in [3.63, 3.8) is 0 Å². The molecule has 1 aliphatic rings. The highest BCUT2D eigenvalue weighted by Gasteiger charge is 2.25. The molecule has 2 rings (SSSR count). The van der Waals surface area contributed by atoms with Crippen LogP contribution in [0.5, 0.6) is 17.2 Å². The lowest BCUT2D eigenvalue weighted by atomic mass is 10.1. The van der Waals surface area contributed by atoms with Gasteiger partial charge in [-0.05, 0) is 37.3 Å². The van der Waals surface area contributed by atoms with E-state index in [-0.39, 0.29) is 12.9 Å². The fraction of sp³-hybridized carbons (Fsp3) is 0.429. The molecule has 0 spiro atoms. The first-order valence-electron chi connectivity index (χ1n) is 6.22. The third-order valence-corrected chi connectivity index (χ3v) is 3.66. The fourth-order valence-electron chi connectivity index (χ4n) is 1.95. The van der Waals surface area contributed by atoms with E-state index in [4.69, 9.17) is 18.6 Å². The smallest absolute Gasteiger partial charge is 0.231 e. The highest BCUT2D eigenvalue weighted by molar-refractivity contribution is 6.69. The zero-order valence-corrected chi connectivity index (χ0v) is 12.9. The van der Waals surface area contributed by atoms with Gasteiger partial charge in [-0.25, -0.2) is 0 Å². The molecule has 1 aromatic rings. The highest BCUT2D eigenvalue weighted by atomic mass is 28.4. The van der Waals surface area contributed by atoms with Crippen LogP contribution in [-0.4, -0.2) is 22.2 Å². The van der Waals surface area contributed by atoms with Crippen molar-refractivity contribution in [1.29, 1.82) is 0 Å². The van der Waals surface area contributed by atoms with E-state index in [1.54, 1.807) is 13.2 Å². The van der Waals surface area contributed by atoms with Crippen molar-refractivity contribution in [3.8, 4) is 17.2 Å². The van der Waals surface area contributed by atoms with E-state index in [1.807, 2.05) is 12.1 Å². The van der Waals surface area contributed by atoms with Crippen molar-refractivity contribution < 1.29 is 18.6 Å².